The van der Waals surface area contributed by atoms with E-state index in [1.54, 1.807) is 0 Å². The van der Waals surface area contributed by atoms with E-state index in [0.717, 1.165) is 17.9 Å². The lowest BCUT2D eigenvalue weighted by Gasteiger charge is -2.12. The van der Waals surface area contributed by atoms with E-state index in [2.05, 4.69) is 42.7 Å². The molecule has 0 aromatic heterocycles. The smallest absolute Gasteiger partial charge is 0.411 e. The van der Waals surface area contributed by atoms with Crippen molar-refractivity contribution in [2.24, 2.45) is 5.92 Å². The lowest BCUT2D eigenvalue weighted by atomic mass is 10.1. The molecule has 0 spiro atoms. The quantitative estimate of drug-likeness (QED) is 0.774. The summed E-state index contributed by atoms with van der Waals surface area (Å²) < 4.78 is 5.13. The second kappa shape index (κ2) is 8.39. The fourth-order valence-electron chi connectivity index (χ4n) is 2.29. The van der Waals surface area contributed by atoms with Crippen molar-refractivity contribution in [1.29, 1.82) is 0 Å². The van der Waals surface area contributed by atoms with Crippen LogP contribution in [0.2, 0.25) is 0 Å². The van der Waals surface area contributed by atoms with Crippen LogP contribution in [0.1, 0.15) is 30.5 Å². The average Bonchev–Trinajstić information content (AvgIpc) is 2.54. The van der Waals surface area contributed by atoms with Crippen LogP contribution >= 0.6 is 0 Å². The normalized spacial score (nSPS) is 10.5. The summed E-state index contributed by atoms with van der Waals surface area (Å²) >= 11 is 0. The largest absolute Gasteiger partial charge is 0.449 e. The Morgan fingerprint density at radius 2 is 1.83 bits per heavy atom. The van der Waals surface area contributed by atoms with E-state index in [4.69, 9.17) is 4.74 Å². The summed E-state index contributed by atoms with van der Waals surface area (Å²) in [5.74, 6) is 0.321. The van der Waals surface area contributed by atoms with Crippen LogP contribution in [0.5, 0.6) is 0 Å². The van der Waals surface area contributed by atoms with Gasteiger partial charge in [-0.2, -0.15) is 0 Å². The van der Waals surface area contributed by atoms with Crippen LogP contribution < -0.4 is 10.6 Å². The summed E-state index contributed by atoms with van der Waals surface area (Å²) in [4.78, 5) is 11.7. The van der Waals surface area contributed by atoms with Gasteiger partial charge in [-0.15, -0.1) is 0 Å². The summed E-state index contributed by atoms with van der Waals surface area (Å²) in [5, 5.41) is 6.16. The van der Waals surface area contributed by atoms with Gasteiger partial charge in [0.25, 0.3) is 0 Å². The molecule has 0 bridgehead atoms. The molecule has 128 valence electrons. The van der Waals surface area contributed by atoms with Crippen LogP contribution in [0.3, 0.4) is 0 Å². The van der Waals surface area contributed by atoms with Gasteiger partial charge in [0.1, 0.15) is 0 Å². The van der Waals surface area contributed by atoms with Crippen molar-refractivity contribution in [3.63, 3.8) is 0 Å². The molecule has 1 amide bonds. The number of amides is 1. The van der Waals surface area contributed by atoms with Gasteiger partial charge < -0.3 is 10.1 Å². The van der Waals surface area contributed by atoms with E-state index >= 15 is 0 Å². The molecule has 2 rings (SSSR count). The topological polar surface area (TPSA) is 50.4 Å². The van der Waals surface area contributed by atoms with Crippen LogP contribution in [0.25, 0.3) is 0 Å². The molecule has 4 heteroatoms. The maximum Gasteiger partial charge on any atom is 0.411 e. The minimum atomic E-state index is -0.421. The zero-order chi connectivity index (χ0) is 17.5. The number of carbonyl (C=O) groups excluding carboxylic acids is 1. The highest BCUT2D eigenvalue weighted by atomic mass is 16.5. The summed E-state index contributed by atoms with van der Waals surface area (Å²) in [5.41, 5.74) is 5.46. The molecule has 0 radical (unpaired) electrons. The van der Waals surface area contributed by atoms with Gasteiger partial charge in [-0.25, -0.2) is 4.79 Å². The van der Waals surface area contributed by atoms with Crippen LogP contribution in [0.4, 0.5) is 16.2 Å². The molecule has 2 aromatic carbocycles. The summed E-state index contributed by atoms with van der Waals surface area (Å²) in [6, 6.07) is 14.1. The van der Waals surface area contributed by atoms with E-state index in [0.29, 0.717) is 12.5 Å². The molecular formula is C20H26N2O2. The fraction of sp³-hybridized carbons (Fsp3) is 0.350. The van der Waals surface area contributed by atoms with E-state index in [-0.39, 0.29) is 0 Å². The van der Waals surface area contributed by atoms with Crippen molar-refractivity contribution in [3.05, 3.63) is 59.2 Å². The van der Waals surface area contributed by atoms with Crippen LogP contribution in [0, 0.1) is 19.8 Å². The monoisotopic (exact) mass is 326 g/mol. The lowest BCUT2D eigenvalue weighted by molar-refractivity contribution is 0.147. The average molecular weight is 326 g/mol. The first-order chi connectivity index (χ1) is 11.4. The Bertz CT molecular complexity index is 696. The molecule has 0 heterocycles. The molecule has 0 aliphatic rings. The van der Waals surface area contributed by atoms with Crippen molar-refractivity contribution >= 4 is 17.5 Å². The predicted molar refractivity (Wildman–Crippen MR) is 99.5 cm³/mol. The number of hydrogen-bond donors (Lipinski definition) is 2. The first kappa shape index (κ1) is 17.9. The second-order valence-corrected chi connectivity index (χ2v) is 6.48. The number of benzene rings is 2. The van der Waals surface area contributed by atoms with Crippen LogP contribution in [-0.2, 0) is 11.3 Å². The zero-order valence-electron chi connectivity index (χ0n) is 14.8. The van der Waals surface area contributed by atoms with Crippen molar-refractivity contribution in [3.8, 4) is 0 Å². The van der Waals surface area contributed by atoms with Crippen LogP contribution in [-0.4, -0.2) is 12.7 Å². The maximum atomic E-state index is 11.7. The highest BCUT2D eigenvalue weighted by Crippen LogP contribution is 2.18. The minimum Gasteiger partial charge on any atom is -0.449 e. The Balaban J connectivity index is 1.95. The third-order valence-electron chi connectivity index (χ3n) is 3.64. The molecule has 0 fully saturated rings. The van der Waals surface area contributed by atoms with Gasteiger partial charge in [0.05, 0.1) is 6.61 Å². The Kier molecular flexibility index (Phi) is 6.24. The Morgan fingerprint density at radius 1 is 1.08 bits per heavy atom. The van der Waals surface area contributed by atoms with Gasteiger partial charge in [0.15, 0.2) is 0 Å². The summed E-state index contributed by atoms with van der Waals surface area (Å²) in [7, 11) is 0. The third kappa shape index (κ3) is 5.61. The molecule has 2 aromatic rings. The SMILES string of the molecule is Cc1ccc(C)c(CNc2cccc(NC(=O)OCC(C)C)c2)c1. The van der Waals surface area contributed by atoms with Crippen molar-refractivity contribution in [2.75, 3.05) is 17.2 Å². The standard InChI is InChI=1S/C20H26N2O2/c1-14(2)13-24-20(23)22-19-7-5-6-18(11-19)21-12-17-10-15(3)8-9-16(17)4/h5-11,14,21H,12-13H2,1-4H3,(H,22,23). The third-order valence-corrected chi connectivity index (χ3v) is 3.64. The van der Waals surface area contributed by atoms with E-state index < -0.39 is 6.09 Å². The molecule has 0 aliphatic carbocycles. The Hall–Kier alpha value is -2.49. The summed E-state index contributed by atoms with van der Waals surface area (Å²) in [6.07, 6.45) is -0.421. The van der Waals surface area contributed by atoms with Gasteiger partial charge in [0, 0.05) is 17.9 Å². The molecule has 4 nitrogen and oxygen atoms in total. The molecule has 0 saturated heterocycles. The van der Waals surface area contributed by atoms with E-state index in [1.165, 1.54) is 16.7 Å². The molecule has 0 saturated carbocycles. The van der Waals surface area contributed by atoms with E-state index in [9.17, 15) is 4.79 Å². The van der Waals surface area contributed by atoms with Crippen molar-refractivity contribution in [2.45, 2.75) is 34.2 Å². The lowest BCUT2D eigenvalue weighted by Crippen LogP contribution is -2.16. The number of ether oxygens (including phenoxy) is 1. The highest BCUT2D eigenvalue weighted by molar-refractivity contribution is 5.85. The molecular weight excluding hydrogens is 300 g/mol. The Morgan fingerprint density at radius 3 is 2.58 bits per heavy atom. The molecule has 2 N–H and O–H groups in total. The first-order valence-corrected chi connectivity index (χ1v) is 8.28. The zero-order valence-corrected chi connectivity index (χ0v) is 14.8. The van der Waals surface area contributed by atoms with E-state index in [1.807, 2.05) is 38.1 Å². The molecule has 0 atom stereocenters. The number of nitrogens with one attached hydrogen (secondary N) is 2. The summed E-state index contributed by atoms with van der Waals surface area (Å²) in [6.45, 7) is 9.37. The second-order valence-electron chi connectivity index (χ2n) is 6.48. The highest BCUT2D eigenvalue weighted by Gasteiger charge is 2.05. The fourth-order valence-corrected chi connectivity index (χ4v) is 2.29. The van der Waals surface area contributed by atoms with Gasteiger partial charge in [-0.05, 0) is 49.1 Å². The molecule has 0 aliphatic heterocycles. The van der Waals surface area contributed by atoms with Gasteiger partial charge in [-0.1, -0.05) is 43.7 Å². The predicted octanol–water partition coefficient (Wildman–Crippen LogP) is 5.12. The molecule has 24 heavy (non-hydrogen) atoms. The van der Waals surface area contributed by atoms with Gasteiger partial charge in [-0.3, -0.25) is 5.32 Å². The van der Waals surface area contributed by atoms with Gasteiger partial charge >= 0.3 is 6.09 Å². The first-order valence-electron chi connectivity index (χ1n) is 8.28. The minimum absolute atomic E-state index is 0.321. The number of hydrogen-bond acceptors (Lipinski definition) is 3. The Labute approximate surface area is 144 Å². The molecule has 0 unspecified atom stereocenters. The maximum absolute atomic E-state index is 11.7. The number of anilines is 2. The van der Waals surface area contributed by atoms with Gasteiger partial charge in [0.2, 0.25) is 0 Å². The van der Waals surface area contributed by atoms with Crippen LogP contribution in [0.15, 0.2) is 42.5 Å². The van der Waals surface area contributed by atoms with Crippen molar-refractivity contribution < 1.29 is 9.53 Å². The number of carbonyl (C=O) groups is 1. The number of aryl methyl sites for hydroxylation is 2. The van der Waals surface area contributed by atoms with Crippen molar-refractivity contribution in [1.82, 2.24) is 0 Å². The number of rotatable bonds is 6.